The van der Waals surface area contributed by atoms with Gasteiger partial charge in [-0.05, 0) is 19.9 Å². The third kappa shape index (κ3) is 8.32. The predicted octanol–water partition coefficient (Wildman–Crippen LogP) is 0.0487. The van der Waals surface area contributed by atoms with E-state index in [9.17, 15) is 5.11 Å². The number of rotatable bonds is 10. The van der Waals surface area contributed by atoms with Gasteiger partial charge in [-0.1, -0.05) is 11.1 Å². The maximum atomic E-state index is 9.33. The normalized spacial score (nSPS) is 11.9. The second kappa shape index (κ2) is 10.5. The van der Waals surface area contributed by atoms with Crippen molar-refractivity contribution in [2.45, 2.75) is 32.4 Å². The molecule has 0 aliphatic rings. The van der Waals surface area contributed by atoms with E-state index in [0.29, 0.717) is 19.6 Å². The molecule has 1 unspecified atom stereocenters. The first kappa shape index (κ1) is 15.6. The van der Waals surface area contributed by atoms with Crippen LogP contribution < -0.4 is 5.32 Å². The van der Waals surface area contributed by atoms with Crippen molar-refractivity contribution in [1.82, 2.24) is 20.3 Å². The molecule has 1 atom stereocenters. The summed E-state index contributed by atoms with van der Waals surface area (Å²) in [5.74, 6) is 5.35. The van der Waals surface area contributed by atoms with Crippen molar-refractivity contribution in [2.75, 3.05) is 26.3 Å². The average molecular weight is 266 g/mol. The Kier molecular flexibility index (Phi) is 8.64. The molecule has 0 aliphatic heterocycles. The van der Waals surface area contributed by atoms with Crippen LogP contribution in [0.5, 0.6) is 0 Å². The summed E-state index contributed by atoms with van der Waals surface area (Å²) in [6.45, 7) is 5.56. The Hall–Kier alpha value is -1.42. The van der Waals surface area contributed by atoms with E-state index >= 15 is 0 Å². The molecule has 0 saturated carbocycles. The number of hydrogen-bond acceptors (Lipinski definition) is 5. The molecule has 6 heteroatoms. The lowest BCUT2D eigenvalue weighted by molar-refractivity contribution is 0.0995. The van der Waals surface area contributed by atoms with Crippen LogP contribution in [0.1, 0.15) is 19.8 Å². The molecule has 0 bridgehead atoms. The van der Waals surface area contributed by atoms with E-state index < -0.39 is 6.10 Å². The highest BCUT2D eigenvalue weighted by atomic mass is 16.5. The largest absolute Gasteiger partial charge is 0.381 e. The SMILES string of the molecule is CC#CC(O)CCOCCCNCCn1ccnn1. The van der Waals surface area contributed by atoms with Gasteiger partial charge in [0, 0.05) is 32.4 Å². The van der Waals surface area contributed by atoms with Gasteiger partial charge in [-0.25, -0.2) is 0 Å². The summed E-state index contributed by atoms with van der Waals surface area (Å²) in [6.07, 6.45) is 4.47. The van der Waals surface area contributed by atoms with Crippen LogP contribution in [-0.2, 0) is 11.3 Å². The van der Waals surface area contributed by atoms with Gasteiger partial charge in [0.05, 0.1) is 12.7 Å². The highest BCUT2D eigenvalue weighted by Gasteiger charge is 1.98. The Bertz CT molecular complexity index is 370. The monoisotopic (exact) mass is 266 g/mol. The number of aliphatic hydroxyl groups is 1. The molecule has 19 heavy (non-hydrogen) atoms. The molecule has 106 valence electrons. The Labute approximate surface area is 114 Å². The molecule has 0 fully saturated rings. The number of aliphatic hydroxyl groups excluding tert-OH is 1. The van der Waals surface area contributed by atoms with Gasteiger partial charge < -0.3 is 15.2 Å². The number of aromatic nitrogens is 3. The van der Waals surface area contributed by atoms with E-state index in [4.69, 9.17) is 4.74 Å². The molecular weight excluding hydrogens is 244 g/mol. The van der Waals surface area contributed by atoms with Crippen molar-refractivity contribution in [3.63, 3.8) is 0 Å². The van der Waals surface area contributed by atoms with Crippen LogP contribution in [0.25, 0.3) is 0 Å². The summed E-state index contributed by atoms with van der Waals surface area (Å²) in [7, 11) is 0. The zero-order valence-corrected chi connectivity index (χ0v) is 11.4. The van der Waals surface area contributed by atoms with Crippen LogP contribution in [0.2, 0.25) is 0 Å². The molecule has 0 spiro atoms. The quantitative estimate of drug-likeness (QED) is 0.462. The van der Waals surface area contributed by atoms with Crippen molar-refractivity contribution < 1.29 is 9.84 Å². The second-order valence-electron chi connectivity index (χ2n) is 4.08. The van der Waals surface area contributed by atoms with E-state index in [2.05, 4.69) is 27.5 Å². The first-order valence-corrected chi connectivity index (χ1v) is 6.56. The summed E-state index contributed by atoms with van der Waals surface area (Å²) in [6, 6.07) is 0. The summed E-state index contributed by atoms with van der Waals surface area (Å²) in [5, 5.41) is 20.2. The fourth-order valence-electron chi connectivity index (χ4n) is 1.51. The van der Waals surface area contributed by atoms with Gasteiger partial charge in [-0.3, -0.25) is 4.68 Å². The first-order chi connectivity index (χ1) is 9.33. The molecule has 2 N–H and O–H groups in total. The summed E-state index contributed by atoms with van der Waals surface area (Å²) in [4.78, 5) is 0. The third-order valence-electron chi connectivity index (χ3n) is 2.48. The zero-order valence-electron chi connectivity index (χ0n) is 11.4. The molecule has 1 aromatic heterocycles. The number of nitrogens with one attached hydrogen (secondary N) is 1. The molecule has 6 nitrogen and oxygen atoms in total. The Morgan fingerprint density at radius 2 is 2.32 bits per heavy atom. The van der Waals surface area contributed by atoms with Crippen LogP contribution in [0.4, 0.5) is 0 Å². The molecule has 1 aromatic rings. The van der Waals surface area contributed by atoms with Gasteiger partial charge in [0.15, 0.2) is 0 Å². The van der Waals surface area contributed by atoms with Crippen LogP contribution in [0, 0.1) is 11.8 Å². The van der Waals surface area contributed by atoms with Gasteiger partial charge >= 0.3 is 0 Å². The van der Waals surface area contributed by atoms with E-state index in [-0.39, 0.29) is 0 Å². The van der Waals surface area contributed by atoms with Gasteiger partial charge in [-0.15, -0.1) is 11.0 Å². The van der Waals surface area contributed by atoms with Crippen LogP contribution >= 0.6 is 0 Å². The maximum absolute atomic E-state index is 9.33. The van der Waals surface area contributed by atoms with Crippen molar-refractivity contribution in [3.8, 4) is 11.8 Å². The number of hydrogen-bond donors (Lipinski definition) is 2. The molecule has 1 rings (SSSR count). The third-order valence-corrected chi connectivity index (χ3v) is 2.48. The lowest BCUT2D eigenvalue weighted by atomic mass is 10.3. The molecular formula is C13H22N4O2. The Morgan fingerprint density at radius 1 is 1.42 bits per heavy atom. The second-order valence-corrected chi connectivity index (χ2v) is 4.08. The summed E-state index contributed by atoms with van der Waals surface area (Å²) < 4.78 is 7.20. The van der Waals surface area contributed by atoms with Crippen LogP contribution in [0.3, 0.4) is 0 Å². The molecule has 0 aliphatic carbocycles. The highest BCUT2D eigenvalue weighted by Crippen LogP contribution is 1.91. The fourth-order valence-corrected chi connectivity index (χ4v) is 1.51. The lowest BCUT2D eigenvalue weighted by Crippen LogP contribution is -2.22. The molecule has 0 saturated heterocycles. The van der Waals surface area contributed by atoms with Gasteiger partial charge in [0.2, 0.25) is 0 Å². The van der Waals surface area contributed by atoms with E-state index in [1.54, 1.807) is 17.8 Å². The zero-order chi connectivity index (χ0) is 13.8. The van der Waals surface area contributed by atoms with E-state index in [1.807, 2.05) is 6.20 Å². The van der Waals surface area contributed by atoms with E-state index in [0.717, 1.165) is 26.1 Å². The molecule has 0 radical (unpaired) electrons. The van der Waals surface area contributed by atoms with Gasteiger partial charge in [0.25, 0.3) is 0 Å². The standard InChI is InChI=1S/C13H22N4O2/c1-2-4-13(18)5-12-19-11-3-6-14-7-9-17-10-8-15-16-17/h8,10,13-14,18H,3,5-7,9,11-12H2,1H3. The maximum Gasteiger partial charge on any atom is 0.116 e. The Balaban J connectivity index is 1.82. The summed E-state index contributed by atoms with van der Waals surface area (Å²) in [5.41, 5.74) is 0. The van der Waals surface area contributed by atoms with Crippen molar-refractivity contribution >= 4 is 0 Å². The number of nitrogens with zero attached hydrogens (tertiary/aromatic N) is 3. The first-order valence-electron chi connectivity index (χ1n) is 6.56. The molecule has 0 aromatic carbocycles. The smallest absolute Gasteiger partial charge is 0.116 e. The topological polar surface area (TPSA) is 72.2 Å². The van der Waals surface area contributed by atoms with Crippen LogP contribution in [0.15, 0.2) is 12.4 Å². The molecule has 0 amide bonds. The van der Waals surface area contributed by atoms with E-state index in [1.165, 1.54) is 0 Å². The average Bonchev–Trinajstić information content (AvgIpc) is 2.90. The minimum atomic E-state index is -0.564. The van der Waals surface area contributed by atoms with Crippen LogP contribution in [-0.4, -0.2) is 52.5 Å². The van der Waals surface area contributed by atoms with Crippen molar-refractivity contribution in [1.29, 1.82) is 0 Å². The molecule has 1 heterocycles. The minimum Gasteiger partial charge on any atom is -0.381 e. The number of ether oxygens (including phenoxy) is 1. The fraction of sp³-hybridized carbons (Fsp3) is 0.692. The summed E-state index contributed by atoms with van der Waals surface area (Å²) >= 11 is 0. The lowest BCUT2D eigenvalue weighted by Gasteiger charge is -2.07. The van der Waals surface area contributed by atoms with Gasteiger partial charge in [-0.2, -0.15) is 0 Å². The van der Waals surface area contributed by atoms with Crippen molar-refractivity contribution in [3.05, 3.63) is 12.4 Å². The van der Waals surface area contributed by atoms with Gasteiger partial charge in [0.1, 0.15) is 6.10 Å². The highest BCUT2D eigenvalue weighted by molar-refractivity contribution is 5.01. The van der Waals surface area contributed by atoms with Crippen molar-refractivity contribution in [2.24, 2.45) is 0 Å². The predicted molar refractivity (Wildman–Crippen MR) is 72.4 cm³/mol. The Morgan fingerprint density at radius 3 is 3.05 bits per heavy atom. The minimum absolute atomic E-state index is 0.550.